The second-order valence-electron chi connectivity index (χ2n) is 2.48. The minimum Gasteiger partial charge on any atom is -0.0988 e. The average Bonchev–Trinajstić information content (AvgIpc) is 1.99. The van der Waals surface area contributed by atoms with Gasteiger partial charge in [0, 0.05) is 0 Å². The van der Waals surface area contributed by atoms with Crippen molar-refractivity contribution >= 4 is 0 Å². The van der Waals surface area contributed by atoms with Gasteiger partial charge in [-0.1, -0.05) is 42.9 Å². The first kappa shape index (κ1) is 9.22. The first-order valence-electron chi connectivity index (χ1n) is 3.67. The Kier molecular flexibility index (Phi) is 4.65. The molecule has 0 heterocycles. The van der Waals surface area contributed by atoms with Crippen molar-refractivity contribution in [3.05, 3.63) is 36.0 Å². The Labute approximate surface area is 64.0 Å². The number of hydrogen-bond donors (Lipinski definition) is 0. The highest BCUT2D eigenvalue weighted by Crippen LogP contribution is 2.00. The summed E-state index contributed by atoms with van der Waals surface area (Å²) in [6.45, 7) is 10.0. The summed E-state index contributed by atoms with van der Waals surface area (Å²) in [5, 5.41) is 0. The fourth-order valence-corrected chi connectivity index (χ4v) is 0.460. The quantitative estimate of drug-likeness (QED) is 0.521. The van der Waals surface area contributed by atoms with Crippen LogP contribution < -0.4 is 0 Å². The van der Waals surface area contributed by atoms with E-state index in [1.807, 2.05) is 13.0 Å². The average molecular weight is 136 g/mol. The second-order valence-corrected chi connectivity index (χ2v) is 2.48. The highest BCUT2D eigenvalue weighted by atomic mass is 13.9. The van der Waals surface area contributed by atoms with E-state index in [0.29, 0.717) is 0 Å². The van der Waals surface area contributed by atoms with Gasteiger partial charge in [-0.15, -0.1) is 0 Å². The van der Waals surface area contributed by atoms with E-state index >= 15 is 0 Å². The van der Waals surface area contributed by atoms with Crippen LogP contribution in [-0.2, 0) is 0 Å². The molecule has 0 unspecified atom stereocenters. The number of hydrogen-bond acceptors (Lipinski definition) is 0. The molecule has 0 spiro atoms. The van der Waals surface area contributed by atoms with Crippen LogP contribution in [0.3, 0.4) is 0 Å². The van der Waals surface area contributed by atoms with Crippen LogP contribution in [0.25, 0.3) is 0 Å². The van der Waals surface area contributed by atoms with E-state index in [0.717, 1.165) is 6.42 Å². The monoisotopic (exact) mass is 136 g/mol. The van der Waals surface area contributed by atoms with Gasteiger partial charge in [-0.05, 0) is 20.3 Å². The topological polar surface area (TPSA) is 0 Å². The van der Waals surface area contributed by atoms with Crippen LogP contribution in [0.4, 0.5) is 0 Å². The van der Waals surface area contributed by atoms with Gasteiger partial charge in [-0.3, -0.25) is 0 Å². The molecule has 0 N–H and O–H groups in total. The van der Waals surface area contributed by atoms with E-state index in [1.54, 1.807) is 0 Å². The fourth-order valence-electron chi connectivity index (χ4n) is 0.460. The van der Waals surface area contributed by atoms with Gasteiger partial charge in [0.25, 0.3) is 0 Å². The molecule has 10 heavy (non-hydrogen) atoms. The van der Waals surface area contributed by atoms with Gasteiger partial charge in [0.2, 0.25) is 0 Å². The molecule has 0 aromatic heterocycles. The normalized spacial score (nSPS) is 13.5. The highest BCUT2D eigenvalue weighted by Gasteiger charge is 1.79. The van der Waals surface area contributed by atoms with E-state index in [-0.39, 0.29) is 0 Å². The zero-order valence-electron chi connectivity index (χ0n) is 7.15. The molecule has 0 heteroatoms. The third kappa shape index (κ3) is 4.13. The highest BCUT2D eigenvalue weighted by molar-refractivity contribution is 5.21. The molecule has 0 aromatic rings. The van der Waals surface area contributed by atoms with Crippen LogP contribution in [0, 0.1) is 0 Å². The molecule has 0 bridgehead atoms. The molecule has 0 rings (SSSR count). The molecular weight excluding hydrogens is 120 g/mol. The Morgan fingerprint density at radius 1 is 1.30 bits per heavy atom. The van der Waals surface area contributed by atoms with Crippen molar-refractivity contribution in [2.24, 2.45) is 0 Å². The molecule has 56 valence electrons. The van der Waals surface area contributed by atoms with Crippen LogP contribution in [0.15, 0.2) is 36.0 Å². The predicted octanol–water partition coefficient (Wildman–Crippen LogP) is 3.48. The van der Waals surface area contributed by atoms with Crippen molar-refractivity contribution in [1.29, 1.82) is 0 Å². The van der Waals surface area contributed by atoms with Crippen LogP contribution in [0.1, 0.15) is 27.2 Å². The summed E-state index contributed by atoms with van der Waals surface area (Å²) in [5.74, 6) is 0. The molecular formula is C10H16. The first-order valence-corrected chi connectivity index (χ1v) is 3.67. The van der Waals surface area contributed by atoms with Crippen molar-refractivity contribution in [1.82, 2.24) is 0 Å². The van der Waals surface area contributed by atoms with Crippen molar-refractivity contribution in [2.45, 2.75) is 27.2 Å². The molecule has 0 atom stereocenters. The van der Waals surface area contributed by atoms with Crippen molar-refractivity contribution in [2.75, 3.05) is 0 Å². The van der Waals surface area contributed by atoms with Gasteiger partial charge >= 0.3 is 0 Å². The molecule has 0 radical (unpaired) electrons. The maximum Gasteiger partial charge on any atom is -0.0349 e. The van der Waals surface area contributed by atoms with Gasteiger partial charge in [0.1, 0.15) is 0 Å². The summed E-state index contributed by atoms with van der Waals surface area (Å²) in [6.07, 6.45) is 7.21. The summed E-state index contributed by atoms with van der Waals surface area (Å²) in [6, 6.07) is 0. The summed E-state index contributed by atoms with van der Waals surface area (Å²) in [4.78, 5) is 0. The Hall–Kier alpha value is -0.780. The smallest absolute Gasteiger partial charge is 0.0349 e. The Morgan fingerprint density at radius 3 is 2.30 bits per heavy atom. The van der Waals surface area contributed by atoms with Gasteiger partial charge < -0.3 is 0 Å². The predicted molar refractivity (Wildman–Crippen MR) is 48.0 cm³/mol. The lowest BCUT2D eigenvalue weighted by atomic mass is 10.2. The molecule has 0 saturated heterocycles. The van der Waals surface area contributed by atoms with Crippen molar-refractivity contribution in [3.63, 3.8) is 0 Å². The Morgan fingerprint density at radius 2 is 1.90 bits per heavy atom. The molecule has 0 saturated carbocycles. The zero-order chi connectivity index (χ0) is 7.98. The van der Waals surface area contributed by atoms with Crippen LogP contribution >= 0.6 is 0 Å². The van der Waals surface area contributed by atoms with Crippen LogP contribution in [-0.4, -0.2) is 0 Å². The molecule has 0 nitrogen and oxygen atoms in total. The molecule has 0 aliphatic carbocycles. The van der Waals surface area contributed by atoms with E-state index in [4.69, 9.17) is 0 Å². The van der Waals surface area contributed by atoms with Crippen molar-refractivity contribution in [3.8, 4) is 0 Å². The zero-order valence-corrected chi connectivity index (χ0v) is 7.15. The Bertz CT molecular complexity index is 159. The van der Waals surface area contributed by atoms with Gasteiger partial charge in [-0.25, -0.2) is 0 Å². The molecule has 0 amide bonds. The second kappa shape index (κ2) is 5.04. The Balaban J connectivity index is 4.03. The summed E-state index contributed by atoms with van der Waals surface area (Å²) in [5.41, 5.74) is 2.62. The van der Waals surface area contributed by atoms with Gasteiger partial charge in [0.15, 0.2) is 0 Å². The summed E-state index contributed by atoms with van der Waals surface area (Å²) in [7, 11) is 0. The lowest BCUT2D eigenvalue weighted by molar-refractivity contribution is 1.10. The SMILES string of the molecule is C=C/C(C)=C/C=C(\C)CC. The van der Waals surface area contributed by atoms with E-state index in [1.165, 1.54) is 11.1 Å². The van der Waals surface area contributed by atoms with Crippen LogP contribution in [0.2, 0.25) is 0 Å². The molecule has 0 aliphatic rings. The van der Waals surface area contributed by atoms with Gasteiger partial charge in [-0.2, -0.15) is 0 Å². The third-order valence-corrected chi connectivity index (χ3v) is 1.51. The van der Waals surface area contributed by atoms with Crippen LogP contribution in [0.5, 0.6) is 0 Å². The number of rotatable bonds is 3. The third-order valence-electron chi connectivity index (χ3n) is 1.51. The first-order chi connectivity index (χ1) is 4.70. The maximum atomic E-state index is 3.67. The minimum atomic E-state index is 1.13. The van der Waals surface area contributed by atoms with Crippen molar-refractivity contribution < 1.29 is 0 Å². The van der Waals surface area contributed by atoms with E-state index in [2.05, 4.69) is 32.6 Å². The molecule has 0 aliphatic heterocycles. The minimum absolute atomic E-state index is 1.13. The lowest BCUT2D eigenvalue weighted by Gasteiger charge is -1.90. The van der Waals surface area contributed by atoms with E-state index < -0.39 is 0 Å². The molecule has 0 aromatic carbocycles. The largest absolute Gasteiger partial charge is 0.0988 e. The summed E-state index contributed by atoms with van der Waals surface area (Å²) >= 11 is 0. The standard InChI is InChI=1S/C10H16/c1-5-9(3)7-8-10(4)6-2/h5,7-8H,1,6H2,2-4H3/b9-7+,10-8+. The number of allylic oxidation sites excluding steroid dienone is 5. The fraction of sp³-hybridized carbons (Fsp3) is 0.400. The van der Waals surface area contributed by atoms with Gasteiger partial charge in [0.05, 0.1) is 0 Å². The van der Waals surface area contributed by atoms with E-state index in [9.17, 15) is 0 Å². The molecule has 0 fully saturated rings. The maximum absolute atomic E-state index is 3.67. The summed E-state index contributed by atoms with van der Waals surface area (Å²) < 4.78 is 0. The lowest BCUT2D eigenvalue weighted by Crippen LogP contribution is -1.69.